The van der Waals surface area contributed by atoms with Crippen molar-refractivity contribution in [3.8, 4) is 6.07 Å². The van der Waals surface area contributed by atoms with Crippen molar-refractivity contribution in [2.45, 2.75) is 26.4 Å². The average molecular weight is 241 g/mol. The molecule has 0 aliphatic carbocycles. The quantitative estimate of drug-likeness (QED) is 0.745. The van der Waals surface area contributed by atoms with Crippen molar-refractivity contribution >= 4 is 5.78 Å². The van der Waals surface area contributed by atoms with E-state index in [0.29, 0.717) is 12.0 Å². The fourth-order valence-electron chi connectivity index (χ4n) is 1.59. The molecule has 17 heavy (non-hydrogen) atoms. The monoisotopic (exact) mass is 241 g/mol. The number of halogens is 3. The van der Waals surface area contributed by atoms with Gasteiger partial charge in [-0.15, -0.1) is 0 Å². The Morgan fingerprint density at radius 1 is 1.41 bits per heavy atom. The van der Waals surface area contributed by atoms with Crippen LogP contribution in [0, 0.1) is 11.3 Å². The van der Waals surface area contributed by atoms with Gasteiger partial charge in [0, 0.05) is 5.56 Å². The molecule has 1 aromatic rings. The van der Waals surface area contributed by atoms with Gasteiger partial charge in [0.25, 0.3) is 0 Å². The third-order valence-electron chi connectivity index (χ3n) is 2.43. The summed E-state index contributed by atoms with van der Waals surface area (Å²) in [7, 11) is 0. The number of rotatable bonds is 2. The van der Waals surface area contributed by atoms with E-state index in [9.17, 15) is 18.0 Å². The van der Waals surface area contributed by atoms with E-state index in [1.165, 1.54) is 13.0 Å². The minimum Gasteiger partial charge on any atom is -0.295 e. The summed E-state index contributed by atoms with van der Waals surface area (Å²) >= 11 is 0. The Bertz CT molecular complexity index is 498. The molecule has 0 saturated heterocycles. The van der Waals surface area contributed by atoms with Crippen molar-refractivity contribution in [3.63, 3.8) is 0 Å². The van der Waals surface area contributed by atoms with Crippen LogP contribution in [0.4, 0.5) is 13.2 Å². The lowest BCUT2D eigenvalue weighted by Crippen LogP contribution is -2.11. The Balaban J connectivity index is 3.58. The number of ketones is 1. The van der Waals surface area contributed by atoms with Crippen LogP contribution in [-0.2, 0) is 12.6 Å². The van der Waals surface area contributed by atoms with E-state index < -0.39 is 23.1 Å². The van der Waals surface area contributed by atoms with Crippen molar-refractivity contribution in [2.24, 2.45) is 0 Å². The first-order chi connectivity index (χ1) is 7.81. The lowest BCUT2D eigenvalue weighted by Gasteiger charge is -2.12. The van der Waals surface area contributed by atoms with Crippen molar-refractivity contribution in [2.75, 3.05) is 0 Å². The highest BCUT2D eigenvalue weighted by atomic mass is 19.4. The van der Waals surface area contributed by atoms with Gasteiger partial charge in [-0.3, -0.25) is 4.79 Å². The molecule has 1 aromatic carbocycles. The molecule has 0 spiro atoms. The highest BCUT2D eigenvalue weighted by Gasteiger charge is 2.34. The summed E-state index contributed by atoms with van der Waals surface area (Å²) in [5.74, 6) is -0.433. The molecule has 0 aromatic heterocycles. The molecule has 0 heterocycles. The van der Waals surface area contributed by atoms with E-state index in [4.69, 9.17) is 5.26 Å². The van der Waals surface area contributed by atoms with Crippen molar-refractivity contribution in [3.05, 3.63) is 34.4 Å². The van der Waals surface area contributed by atoms with Crippen LogP contribution in [0.3, 0.4) is 0 Å². The number of alkyl halides is 3. The van der Waals surface area contributed by atoms with E-state index in [1.54, 1.807) is 6.92 Å². The number of hydrogen-bond acceptors (Lipinski definition) is 2. The van der Waals surface area contributed by atoms with Gasteiger partial charge in [-0.1, -0.05) is 6.92 Å². The highest BCUT2D eigenvalue weighted by Crippen LogP contribution is 2.33. The van der Waals surface area contributed by atoms with Crippen LogP contribution in [0.5, 0.6) is 0 Å². The summed E-state index contributed by atoms with van der Waals surface area (Å²) in [6, 6.07) is 3.41. The maximum absolute atomic E-state index is 12.7. The molecule has 0 fully saturated rings. The largest absolute Gasteiger partial charge is 0.417 e. The van der Waals surface area contributed by atoms with E-state index in [2.05, 4.69) is 0 Å². The summed E-state index contributed by atoms with van der Waals surface area (Å²) in [6.07, 6.45) is -4.22. The molecule has 0 amide bonds. The smallest absolute Gasteiger partial charge is 0.295 e. The fourth-order valence-corrected chi connectivity index (χ4v) is 1.59. The molecule has 2 nitrogen and oxygen atoms in total. The maximum atomic E-state index is 12.7. The van der Waals surface area contributed by atoms with Crippen LogP contribution in [0.2, 0.25) is 0 Å². The van der Waals surface area contributed by atoms with Crippen LogP contribution in [0.1, 0.15) is 40.9 Å². The van der Waals surface area contributed by atoms with E-state index >= 15 is 0 Å². The SMILES string of the molecule is CCc1cc(C#N)c(C(F)(F)F)cc1C(C)=O. The molecule has 0 bridgehead atoms. The van der Waals surface area contributed by atoms with E-state index in [-0.39, 0.29) is 5.56 Å². The summed E-state index contributed by atoms with van der Waals surface area (Å²) in [6.45, 7) is 2.93. The zero-order valence-electron chi connectivity index (χ0n) is 9.35. The zero-order chi connectivity index (χ0) is 13.2. The molecule has 0 unspecified atom stereocenters. The number of aryl methyl sites for hydroxylation is 1. The van der Waals surface area contributed by atoms with Gasteiger partial charge >= 0.3 is 6.18 Å². The van der Waals surface area contributed by atoms with Gasteiger partial charge in [-0.25, -0.2) is 0 Å². The number of carbonyl (C=O) groups excluding carboxylic acids is 1. The first-order valence-electron chi connectivity index (χ1n) is 4.96. The van der Waals surface area contributed by atoms with E-state index in [1.807, 2.05) is 0 Å². The van der Waals surface area contributed by atoms with Gasteiger partial charge < -0.3 is 0 Å². The molecular formula is C12H10F3NO. The summed E-state index contributed by atoms with van der Waals surface area (Å²) in [5.41, 5.74) is -1.01. The van der Waals surface area contributed by atoms with Crippen LogP contribution in [0.25, 0.3) is 0 Å². The standard InChI is InChI=1S/C12H10F3NO/c1-3-8-4-9(6-16)11(12(13,14)15)5-10(8)7(2)17/h4-5H,3H2,1-2H3. The average Bonchev–Trinajstić information content (AvgIpc) is 2.25. The first-order valence-corrected chi connectivity index (χ1v) is 4.96. The number of carbonyl (C=O) groups is 1. The molecule has 0 saturated carbocycles. The molecule has 0 radical (unpaired) electrons. The second-order valence-electron chi connectivity index (χ2n) is 3.57. The Kier molecular flexibility index (Phi) is 3.56. The number of benzene rings is 1. The van der Waals surface area contributed by atoms with E-state index in [0.717, 1.165) is 12.1 Å². The Hall–Kier alpha value is -1.83. The first kappa shape index (κ1) is 13.2. The third kappa shape index (κ3) is 2.64. The van der Waals surface area contributed by atoms with Gasteiger partial charge in [-0.05, 0) is 31.0 Å². The summed E-state index contributed by atoms with van der Waals surface area (Å²) in [4.78, 5) is 11.3. The molecule has 0 aliphatic rings. The van der Waals surface area contributed by atoms with Gasteiger partial charge in [0.2, 0.25) is 0 Å². The van der Waals surface area contributed by atoms with Crippen LogP contribution in [-0.4, -0.2) is 5.78 Å². The molecule has 0 aliphatic heterocycles. The molecule has 0 N–H and O–H groups in total. The topological polar surface area (TPSA) is 40.9 Å². The Labute approximate surface area is 96.7 Å². The normalized spacial score (nSPS) is 11.1. The fraction of sp³-hybridized carbons (Fsp3) is 0.333. The van der Waals surface area contributed by atoms with Gasteiger partial charge in [0.15, 0.2) is 5.78 Å². The maximum Gasteiger partial charge on any atom is 0.417 e. The molecule has 1 rings (SSSR count). The summed E-state index contributed by atoms with van der Waals surface area (Å²) in [5, 5.41) is 8.70. The second-order valence-corrected chi connectivity index (χ2v) is 3.57. The number of nitrogens with zero attached hydrogens (tertiary/aromatic N) is 1. The van der Waals surface area contributed by atoms with Crippen LogP contribution < -0.4 is 0 Å². The zero-order valence-corrected chi connectivity index (χ0v) is 9.35. The van der Waals surface area contributed by atoms with Gasteiger partial charge in [0.05, 0.1) is 17.2 Å². The van der Waals surface area contributed by atoms with Gasteiger partial charge in [-0.2, -0.15) is 18.4 Å². The molecule has 5 heteroatoms. The number of Topliss-reactive ketones (excluding diaryl/α,β-unsaturated/α-hetero) is 1. The minimum atomic E-state index is -4.62. The Morgan fingerprint density at radius 2 is 2.00 bits per heavy atom. The number of hydrogen-bond donors (Lipinski definition) is 0. The van der Waals surface area contributed by atoms with Crippen LogP contribution >= 0.6 is 0 Å². The second kappa shape index (κ2) is 4.58. The predicted octanol–water partition coefficient (Wildman–Crippen LogP) is 3.34. The number of nitriles is 1. The predicted molar refractivity (Wildman–Crippen MR) is 55.5 cm³/mol. The lowest BCUT2D eigenvalue weighted by molar-refractivity contribution is -0.137. The summed E-state index contributed by atoms with van der Waals surface area (Å²) < 4.78 is 38.0. The van der Waals surface area contributed by atoms with Crippen molar-refractivity contribution in [1.29, 1.82) is 5.26 Å². The highest BCUT2D eigenvalue weighted by molar-refractivity contribution is 5.96. The lowest BCUT2D eigenvalue weighted by atomic mass is 9.95. The van der Waals surface area contributed by atoms with Crippen molar-refractivity contribution in [1.82, 2.24) is 0 Å². The van der Waals surface area contributed by atoms with Crippen LogP contribution in [0.15, 0.2) is 12.1 Å². The molecule has 90 valence electrons. The molecule has 0 atom stereocenters. The third-order valence-corrected chi connectivity index (χ3v) is 2.43. The minimum absolute atomic E-state index is 0.0267. The molecular weight excluding hydrogens is 231 g/mol. The van der Waals surface area contributed by atoms with Crippen molar-refractivity contribution < 1.29 is 18.0 Å². The Morgan fingerprint density at radius 3 is 2.35 bits per heavy atom. The van der Waals surface area contributed by atoms with Gasteiger partial charge in [0.1, 0.15) is 0 Å².